The van der Waals surface area contributed by atoms with Crippen LogP contribution in [0.15, 0.2) is 23.6 Å². The molecule has 3 rings (SSSR count). The Bertz CT molecular complexity index is 839. The van der Waals surface area contributed by atoms with Crippen molar-refractivity contribution in [2.45, 2.75) is 26.7 Å². The van der Waals surface area contributed by atoms with E-state index in [2.05, 4.69) is 18.8 Å². The smallest absolute Gasteiger partial charge is 0.123 e. The Morgan fingerprint density at radius 2 is 1.95 bits per heavy atom. The zero-order chi connectivity index (χ0) is 15.9. The van der Waals surface area contributed by atoms with E-state index < -0.39 is 0 Å². The van der Waals surface area contributed by atoms with Crippen LogP contribution in [-0.4, -0.2) is 17.1 Å². The van der Waals surface area contributed by atoms with Gasteiger partial charge in [0.2, 0.25) is 0 Å². The summed E-state index contributed by atoms with van der Waals surface area (Å²) in [5.41, 5.74) is 10.5. The lowest BCUT2D eigenvalue weighted by atomic mass is 10.1. The number of nitrogen functional groups attached to an aromatic ring is 1. The molecular weight excluding hydrogens is 294 g/mol. The zero-order valence-electron chi connectivity index (χ0n) is 13.2. The third-order valence-electron chi connectivity index (χ3n) is 3.71. The first kappa shape index (κ1) is 14.8. The number of aryl methyl sites for hydroxylation is 1. The molecule has 0 aliphatic heterocycles. The highest BCUT2D eigenvalue weighted by Gasteiger charge is 2.13. The first-order valence-electron chi connectivity index (χ1n) is 7.21. The molecule has 22 heavy (non-hydrogen) atoms. The highest BCUT2D eigenvalue weighted by atomic mass is 32.1. The van der Waals surface area contributed by atoms with Crippen molar-refractivity contribution in [2.75, 3.05) is 12.8 Å². The fourth-order valence-corrected chi connectivity index (χ4v) is 3.29. The molecule has 0 radical (unpaired) electrons. The molecule has 114 valence electrons. The molecule has 4 nitrogen and oxygen atoms in total. The van der Waals surface area contributed by atoms with Gasteiger partial charge in [-0.1, -0.05) is 13.8 Å². The highest BCUT2D eigenvalue weighted by Crippen LogP contribution is 2.33. The van der Waals surface area contributed by atoms with Crippen LogP contribution in [0.5, 0.6) is 5.75 Å². The second-order valence-electron chi connectivity index (χ2n) is 5.61. The van der Waals surface area contributed by atoms with Crippen molar-refractivity contribution in [1.82, 2.24) is 9.97 Å². The summed E-state index contributed by atoms with van der Waals surface area (Å²) in [6, 6.07) is 5.77. The maximum Gasteiger partial charge on any atom is 0.123 e. The second-order valence-corrected chi connectivity index (χ2v) is 6.50. The summed E-state index contributed by atoms with van der Waals surface area (Å²) in [6.07, 6.45) is 0. The van der Waals surface area contributed by atoms with E-state index in [1.54, 1.807) is 18.4 Å². The van der Waals surface area contributed by atoms with E-state index in [-0.39, 0.29) is 0 Å². The average Bonchev–Trinajstić information content (AvgIpc) is 2.98. The first-order valence-corrected chi connectivity index (χ1v) is 8.09. The molecule has 2 heterocycles. The van der Waals surface area contributed by atoms with Crippen LogP contribution in [0.3, 0.4) is 0 Å². The summed E-state index contributed by atoms with van der Waals surface area (Å²) in [6.45, 7) is 6.28. The van der Waals surface area contributed by atoms with Crippen LogP contribution in [0.25, 0.3) is 22.3 Å². The molecule has 0 amide bonds. The molecular formula is C17H19N3OS. The average molecular weight is 313 g/mol. The van der Waals surface area contributed by atoms with E-state index in [1.807, 2.05) is 30.5 Å². The summed E-state index contributed by atoms with van der Waals surface area (Å²) >= 11 is 1.66. The van der Waals surface area contributed by atoms with Crippen LogP contribution in [0.4, 0.5) is 5.69 Å². The summed E-state index contributed by atoms with van der Waals surface area (Å²) in [4.78, 5) is 9.44. The van der Waals surface area contributed by atoms with Crippen molar-refractivity contribution < 1.29 is 4.74 Å². The number of fused-ring (bicyclic) bond motifs is 1. The predicted octanol–water partition coefficient (Wildman–Crippen LogP) is 4.38. The number of ether oxygens (including phenoxy) is 1. The topological polar surface area (TPSA) is 61.0 Å². The van der Waals surface area contributed by atoms with Gasteiger partial charge in [0.05, 0.1) is 29.0 Å². The lowest BCUT2D eigenvalue weighted by Gasteiger charge is -2.10. The number of anilines is 1. The van der Waals surface area contributed by atoms with Gasteiger partial charge in [0, 0.05) is 27.9 Å². The van der Waals surface area contributed by atoms with Gasteiger partial charge in [0.1, 0.15) is 5.75 Å². The largest absolute Gasteiger partial charge is 0.496 e. The van der Waals surface area contributed by atoms with E-state index in [0.717, 1.165) is 38.6 Å². The number of thiazole rings is 1. The fraction of sp³-hybridized carbons (Fsp3) is 0.294. The van der Waals surface area contributed by atoms with Crippen LogP contribution in [0, 0.1) is 6.92 Å². The number of benzene rings is 1. The molecule has 2 N–H and O–H groups in total. The highest BCUT2D eigenvalue weighted by molar-refractivity contribution is 7.10. The number of pyridine rings is 1. The van der Waals surface area contributed by atoms with Crippen molar-refractivity contribution in [3.05, 3.63) is 34.2 Å². The normalized spacial score (nSPS) is 11.3. The Balaban J connectivity index is 2.20. The van der Waals surface area contributed by atoms with Crippen LogP contribution in [-0.2, 0) is 0 Å². The van der Waals surface area contributed by atoms with Crippen molar-refractivity contribution in [3.8, 4) is 17.1 Å². The minimum absolute atomic E-state index is 0.415. The van der Waals surface area contributed by atoms with Gasteiger partial charge in [0.15, 0.2) is 0 Å². The molecule has 2 aromatic heterocycles. The van der Waals surface area contributed by atoms with Crippen LogP contribution in [0.2, 0.25) is 0 Å². The van der Waals surface area contributed by atoms with Gasteiger partial charge in [-0.3, -0.25) is 0 Å². The monoisotopic (exact) mass is 313 g/mol. The third-order valence-corrected chi connectivity index (χ3v) is 4.86. The quantitative estimate of drug-likeness (QED) is 0.779. The first-order chi connectivity index (χ1) is 10.5. The van der Waals surface area contributed by atoms with E-state index in [4.69, 9.17) is 15.5 Å². The Hall–Kier alpha value is -2.14. The molecule has 0 aliphatic carbocycles. The summed E-state index contributed by atoms with van der Waals surface area (Å²) in [5.74, 6) is 1.23. The van der Waals surface area contributed by atoms with E-state index in [0.29, 0.717) is 11.6 Å². The SMILES string of the molecule is COc1ccc2c(N)cc(-c3csc(C(C)C)n3)nc2c1C. The Kier molecular flexibility index (Phi) is 3.74. The maximum absolute atomic E-state index is 6.22. The summed E-state index contributed by atoms with van der Waals surface area (Å²) < 4.78 is 5.38. The molecule has 0 spiro atoms. The lowest BCUT2D eigenvalue weighted by Crippen LogP contribution is -1.97. The third kappa shape index (κ3) is 2.41. The molecule has 3 aromatic rings. The minimum atomic E-state index is 0.415. The number of rotatable bonds is 3. The molecule has 0 saturated carbocycles. The molecule has 0 fully saturated rings. The standard InChI is InChI=1S/C17H19N3OS/c1-9(2)17-20-14(8-22-17)13-7-12(18)11-5-6-15(21-4)10(3)16(11)19-13/h5-9H,1-4H3,(H2,18,19). The lowest BCUT2D eigenvalue weighted by molar-refractivity contribution is 0.412. The molecule has 0 atom stereocenters. The van der Waals surface area contributed by atoms with Gasteiger partial charge in [-0.25, -0.2) is 9.97 Å². The summed E-state index contributed by atoms with van der Waals surface area (Å²) in [5, 5.41) is 4.09. The number of aromatic nitrogens is 2. The molecule has 1 aromatic carbocycles. The Morgan fingerprint density at radius 1 is 1.18 bits per heavy atom. The van der Waals surface area contributed by atoms with Gasteiger partial charge < -0.3 is 10.5 Å². The van der Waals surface area contributed by atoms with Crippen molar-refractivity contribution >= 4 is 27.9 Å². The predicted molar refractivity (Wildman–Crippen MR) is 92.6 cm³/mol. The van der Waals surface area contributed by atoms with E-state index >= 15 is 0 Å². The van der Waals surface area contributed by atoms with Crippen molar-refractivity contribution in [3.63, 3.8) is 0 Å². The molecule has 0 unspecified atom stereocenters. The van der Waals surface area contributed by atoms with Crippen LogP contribution < -0.4 is 10.5 Å². The van der Waals surface area contributed by atoms with Gasteiger partial charge in [-0.05, 0) is 25.1 Å². The summed E-state index contributed by atoms with van der Waals surface area (Å²) in [7, 11) is 1.66. The van der Waals surface area contributed by atoms with Gasteiger partial charge in [0.25, 0.3) is 0 Å². The Labute approximate surface area is 134 Å². The fourth-order valence-electron chi connectivity index (χ4n) is 2.46. The number of hydrogen-bond acceptors (Lipinski definition) is 5. The molecule has 0 aliphatic rings. The van der Waals surface area contributed by atoms with E-state index in [9.17, 15) is 0 Å². The van der Waals surface area contributed by atoms with Crippen molar-refractivity contribution in [2.24, 2.45) is 0 Å². The van der Waals surface area contributed by atoms with E-state index in [1.165, 1.54) is 0 Å². The maximum atomic E-state index is 6.22. The van der Waals surface area contributed by atoms with Crippen LogP contribution >= 0.6 is 11.3 Å². The number of nitrogens with two attached hydrogens (primary N) is 1. The van der Waals surface area contributed by atoms with Gasteiger partial charge in [-0.15, -0.1) is 11.3 Å². The zero-order valence-corrected chi connectivity index (χ0v) is 14.0. The van der Waals surface area contributed by atoms with Crippen molar-refractivity contribution in [1.29, 1.82) is 0 Å². The van der Waals surface area contributed by atoms with Gasteiger partial charge in [-0.2, -0.15) is 0 Å². The molecule has 5 heteroatoms. The minimum Gasteiger partial charge on any atom is -0.496 e. The number of nitrogens with zero attached hydrogens (tertiary/aromatic N) is 2. The molecule has 0 saturated heterocycles. The second kappa shape index (κ2) is 5.57. The number of hydrogen-bond donors (Lipinski definition) is 1. The Morgan fingerprint density at radius 3 is 2.59 bits per heavy atom. The number of methoxy groups -OCH3 is 1. The van der Waals surface area contributed by atoms with Gasteiger partial charge >= 0.3 is 0 Å². The molecule has 0 bridgehead atoms. The van der Waals surface area contributed by atoms with Crippen LogP contribution in [0.1, 0.15) is 30.3 Å².